The summed E-state index contributed by atoms with van der Waals surface area (Å²) in [5.41, 5.74) is 11.1. The molecule has 4 aromatic rings. The van der Waals surface area contributed by atoms with Crippen LogP contribution < -0.4 is 16.7 Å². The molecule has 1 aliphatic carbocycles. The molecular weight excluding hydrogens is 492 g/mol. The number of halogens is 3. The summed E-state index contributed by atoms with van der Waals surface area (Å²) < 4.78 is 21.3. The zero-order valence-corrected chi connectivity index (χ0v) is 19.8. The van der Waals surface area contributed by atoms with Crippen LogP contribution in [-0.4, -0.2) is 27.2 Å². The Morgan fingerprint density at radius 3 is 2.83 bits per heavy atom. The van der Waals surface area contributed by atoms with Crippen LogP contribution in [0.25, 0.3) is 22.6 Å². The number of nitrogen functional groups attached to an aromatic ring is 1. The molecule has 2 aromatic heterocycles. The molecule has 0 saturated carbocycles. The van der Waals surface area contributed by atoms with Crippen molar-refractivity contribution in [2.45, 2.75) is 25.1 Å². The van der Waals surface area contributed by atoms with Crippen LogP contribution in [-0.2, 0) is 11.3 Å². The Balaban J connectivity index is 1.33. The summed E-state index contributed by atoms with van der Waals surface area (Å²) in [6.07, 6.45) is 3.09. The highest BCUT2D eigenvalue weighted by Crippen LogP contribution is 2.49. The van der Waals surface area contributed by atoms with Gasteiger partial charge in [0, 0.05) is 50.9 Å². The van der Waals surface area contributed by atoms with E-state index in [-0.39, 0.29) is 24.5 Å². The van der Waals surface area contributed by atoms with Crippen LogP contribution in [0.15, 0.2) is 47.4 Å². The Morgan fingerprint density at radius 2 is 1.97 bits per heavy atom. The van der Waals surface area contributed by atoms with Gasteiger partial charge in [-0.2, -0.15) is 4.98 Å². The maximum absolute atomic E-state index is 13.7. The van der Waals surface area contributed by atoms with E-state index in [0.29, 0.717) is 23.1 Å². The van der Waals surface area contributed by atoms with E-state index in [2.05, 4.69) is 21.4 Å². The van der Waals surface area contributed by atoms with Crippen molar-refractivity contribution in [1.29, 1.82) is 0 Å². The van der Waals surface area contributed by atoms with Gasteiger partial charge in [-0.05, 0) is 54.5 Å². The van der Waals surface area contributed by atoms with Crippen LogP contribution in [0, 0.1) is 5.82 Å². The first-order valence-corrected chi connectivity index (χ1v) is 11.9. The number of ether oxygens (including phenoxy) is 1. The molecule has 6 rings (SSSR count). The van der Waals surface area contributed by atoms with Gasteiger partial charge in [0.15, 0.2) is 5.82 Å². The molecule has 35 heavy (non-hydrogen) atoms. The number of anilines is 2. The van der Waals surface area contributed by atoms with E-state index in [0.717, 1.165) is 49.7 Å². The van der Waals surface area contributed by atoms with Gasteiger partial charge in [-0.1, -0.05) is 23.2 Å². The lowest BCUT2D eigenvalue weighted by molar-refractivity contribution is 0.0439. The highest BCUT2D eigenvalue weighted by molar-refractivity contribution is 6.31. The molecule has 2 aliphatic rings. The van der Waals surface area contributed by atoms with Crippen molar-refractivity contribution in [3.8, 4) is 0 Å². The van der Waals surface area contributed by atoms with Crippen molar-refractivity contribution < 1.29 is 9.13 Å². The molecule has 10 heteroatoms. The Labute approximate surface area is 209 Å². The van der Waals surface area contributed by atoms with Crippen LogP contribution in [0.4, 0.5) is 15.9 Å². The minimum Gasteiger partial charge on any atom is -0.382 e. The van der Waals surface area contributed by atoms with E-state index in [4.69, 9.17) is 33.7 Å². The molecule has 7 nitrogen and oxygen atoms in total. The molecule has 2 atom stereocenters. The summed E-state index contributed by atoms with van der Waals surface area (Å²) in [7, 11) is 0. The van der Waals surface area contributed by atoms with Crippen molar-refractivity contribution in [3.63, 3.8) is 0 Å². The van der Waals surface area contributed by atoms with Crippen LogP contribution in [0.3, 0.4) is 0 Å². The number of aromatic amines is 1. The van der Waals surface area contributed by atoms with Gasteiger partial charge >= 0.3 is 5.69 Å². The quantitative estimate of drug-likeness (QED) is 0.318. The molecule has 0 saturated heterocycles. The van der Waals surface area contributed by atoms with E-state index in [1.54, 1.807) is 0 Å². The lowest BCUT2D eigenvalue weighted by Gasteiger charge is -2.29. The van der Waals surface area contributed by atoms with E-state index in [1.807, 2.05) is 36.4 Å². The van der Waals surface area contributed by atoms with Gasteiger partial charge in [-0.25, -0.2) is 9.18 Å². The maximum Gasteiger partial charge on any atom is 0.349 e. The Kier molecular flexibility index (Phi) is 5.32. The van der Waals surface area contributed by atoms with E-state index in [1.165, 1.54) is 0 Å². The van der Waals surface area contributed by atoms with Gasteiger partial charge in [0.05, 0.1) is 17.9 Å². The number of benzene rings is 2. The van der Waals surface area contributed by atoms with Crippen molar-refractivity contribution in [2.24, 2.45) is 0 Å². The Hall–Kier alpha value is -3.33. The highest BCUT2D eigenvalue weighted by atomic mass is 35.5. The minimum absolute atomic E-state index is 0.136. The molecule has 0 amide bonds. The zero-order chi connectivity index (χ0) is 24.3. The number of H-pyrrole nitrogens is 1. The third kappa shape index (κ3) is 3.69. The number of aromatic nitrogens is 3. The van der Waals surface area contributed by atoms with Crippen molar-refractivity contribution in [2.75, 3.05) is 17.7 Å². The fourth-order valence-corrected chi connectivity index (χ4v) is 5.26. The first-order chi connectivity index (χ1) is 16.9. The number of fused-ring (bicyclic) bond motifs is 6. The fourth-order valence-electron chi connectivity index (χ4n) is 4.92. The normalized spacial score (nSPS) is 18.1. The largest absolute Gasteiger partial charge is 0.382 e. The molecule has 0 fully saturated rings. The fraction of sp³-hybridized carbons (Fsp3) is 0.200. The average Bonchev–Trinajstić information content (AvgIpc) is 3.38. The summed E-state index contributed by atoms with van der Waals surface area (Å²) in [6, 6.07) is 11.4. The average molecular weight is 512 g/mol. The van der Waals surface area contributed by atoms with Crippen molar-refractivity contribution >= 4 is 57.3 Å². The molecule has 1 aliphatic heterocycles. The first kappa shape index (κ1) is 22.2. The van der Waals surface area contributed by atoms with E-state index >= 15 is 0 Å². The number of hydrogen-bond donors (Lipinski definition) is 3. The minimum atomic E-state index is -0.722. The number of hydrogen-bond acceptors (Lipinski definition) is 5. The number of nitrogens with zero attached hydrogens (tertiary/aromatic N) is 2. The van der Waals surface area contributed by atoms with Gasteiger partial charge in [-0.15, -0.1) is 0 Å². The molecule has 0 bridgehead atoms. The number of nitrogens with two attached hydrogens (primary N) is 1. The molecule has 3 heterocycles. The second-order valence-electron chi connectivity index (χ2n) is 8.62. The van der Waals surface area contributed by atoms with E-state index < -0.39 is 11.5 Å². The summed E-state index contributed by atoms with van der Waals surface area (Å²) in [5.74, 6) is -0.951. The van der Waals surface area contributed by atoms with Crippen LogP contribution in [0.5, 0.6) is 0 Å². The second-order valence-corrected chi connectivity index (χ2v) is 9.50. The lowest BCUT2D eigenvalue weighted by atomic mass is 9.88. The topological polar surface area (TPSA) is 98.0 Å². The molecule has 178 valence electrons. The first-order valence-electron chi connectivity index (χ1n) is 11.1. The number of rotatable bonds is 5. The number of nitrogens with one attached hydrogen (secondary N) is 2. The summed E-state index contributed by atoms with van der Waals surface area (Å²) >= 11 is 12.6. The van der Waals surface area contributed by atoms with Gasteiger partial charge in [-0.3, -0.25) is 4.57 Å². The van der Waals surface area contributed by atoms with Crippen molar-refractivity contribution in [3.05, 3.63) is 85.8 Å². The van der Waals surface area contributed by atoms with Gasteiger partial charge < -0.3 is 20.8 Å². The standard InChI is InChI=1S/C25H20Cl2FN5O2/c26-12-2-4-19-14(8-12)16-10-17-15-9-13(27)3-5-20(15)32-22(17)23(21(16)31-19)35-7-1-6-33-24(29)18(28)11-30-25(33)34/h2-5,8-11,21,23,31-32H,1,6-7,29H2. The SMILES string of the molecule is Nc1c(F)cnc(=O)n1CCCOC1c2[nH]c3ccc(Cl)cc3c2C=C2c3cc(Cl)ccc3NC21. The summed E-state index contributed by atoms with van der Waals surface area (Å²) in [6.45, 7) is 0.499. The maximum atomic E-state index is 13.7. The van der Waals surface area contributed by atoms with E-state index in [9.17, 15) is 9.18 Å². The predicted molar refractivity (Wildman–Crippen MR) is 136 cm³/mol. The van der Waals surface area contributed by atoms with Gasteiger partial charge in [0.2, 0.25) is 0 Å². The smallest absolute Gasteiger partial charge is 0.349 e. The Bertz CT molecular complexity index is 1580. The van der Waals surface area contributed by atoms with Crippen LogP contribution in [0.1, 0.15) is 29.3 Å². The van der Waals surface area contributed by atoms with Gasteiger partial charge in [0.25, 0.3) is 0 Å². The lowest BCUT2D eigenvalue weighted by Crippen LogP contribution is -2.30. The molecule has 2 aromatic carbocycles. The molecule has 0 spiro atoms. The second kappa shape index (κ2) is 8.41. The molecule has 0 radical (unpaired) electrons. The monoisotopic (exact) mass is 511 g/mol. The summed E-state index contributed by atoms with van der Waals surface area (Å²) in [4.78, 5) is 19.0. The van der Waals surface area contributed by atoms with Gasteiger partial charge in [0.1, 0.15) is 11.9 Å². The molecule has 4 N–H and O–H groups in total. The Morgan fingerprint density at radius 1 is 1.17 bits per heavy atom. The third-order valence-electron chi connectivity index (χ3n) is 6.54. The summed E-state index contributed by atoms with van der Waals surface area (Å²) in [5, 5.41) is 5.88. The molecular formula is C25H20Cl2FN5O2. The molecule has 2 unspecified atom stereocenters. The van der Waals surface area contributed by atoms with Crippen LogP contribution >= 0.6 is 23.2 Å². The van der Waals surface area contributed by atoms with Crippen LogP contribution in [0.2, 0.25) is 10.0 Å². The predicted octanol–water partition coefficient (Wildman–Crippen LogP) is 5.25. The van der Waals surface area contributed by atoms with Crippen molar-refractivity contribution in [1.82, 2.24) is 14.5 Å². The zero-order valence-electron chi connectivity index (χ0n) is 18.3. The highest BCUT2D eigenvalue weighted by Gasteiger charge is 2.40. The third-order valence-corrected chi connectivity index (χ3v) is 7.01.